The summed E-state index contributed by atoms with van der Waals surface area (Å²) in [5.74, 6) is -0.580. The van der Waals surface area contributed by atoms with Crippen LogP contribution in [0.15, 0.2) is 22.6 Å². The molecule has 0 saturated carbocycles. The first-order valence-corrected chi connectivity index (χ1v) is 10.7. The summed E-state index contributed by atoms with van der Waals surface area (Å²) in [6.45, 7) is 6.88. The molecule has 11 nitrogen and oxygen atoms in total. The van der Waals surface area contributed by atoms with Crippen LogP contribution >= 0.6 is 11.6 Å². The second-order valence-corrected chi connectivity index (χ2v) is 7.78. The van der Waals surface area contributed by atoms with Crippen molar-refractivity contribution in [3.05, 3.63) is 57.5 Å². The van der Waals surface area contributed by atoms with Crippen molar-refractivity contribution in [1.29, 1.82) is 0 Å². The Bertz CT molecular complexity index is 1430. The summed E-state index contributed by atoms with van der Waals surface area (Å²) in [6, 6.07) is 5.08. The fourth-order valence-corrected chi connectivity index (χ4v) is 3.63. The molecule has 12 heteroatoms. The first kappa shape index (κ1) is 23.2. The third-order valence-electron chi connectivity index (χ3n) is 4.87. The Morgan fingerprint density at radius 3 is 2.56 bits per heavy atom. The maximum atomic E-state index is 12.7. The minimum absolute atomic E-state index is 0.00126. The number of furan rings is 1. The van der Waals surface area contributed by atoms with E-state index in [2.05, 4.69) is 20.1 Å². The number of carbonyl (C=O) groups is 2. The number of rotatable bonds is 6. The van der Waals surface area contributed by atoms with Crippen molar-refractivity contribution in [2.24, 2.45) is 0 Å². The van der Waals surface area contributed by atoms with Crippen molar-refractivity contribution in [2.75, 3.05) is 12.3 Å². The minimum atomic E-state index is -0.779. The highest BCUT2D eigenvalue weighted by Crippen LogP contribution is 2.29. The Morgan fingerprint density at radius 1 is 1.12 bits per heavy atom. The predicted octanol–water partition coefficient (Wildman–Crippen LogP) is 3.50. The Balaban J connectivity index is 1.57. The van der Waals surface area contributed by atoms with Crippen molar-refractivity contribution in [3.8, 4) is 5.82 Å². The fourth-order valence-electron chi connectivity index (χ4n) is 3.45. The van der Waals surface area contributed by atoms with Crippen molar-refractivity contribution >= 4 is 40.5 Å². The van der Waals surface area contributed by atoms with Gasteiger partial charge in [0.05, 0.1) is 22.7 Å². The van der Waals surface area contributed by atoms with Gasteiger partial charge < -0.3 is 19.6 Å². The molecule has 0 aliphatic heterocycles. The molecule has 4 aromatic heterocycles. The normalized spacial score (nSPS) is 11.1. The average molecular weight is 485 g/mol. The van der Waals surface area contributed by atoms with Gasteiger partial charge in [0.15, 0.2) is 23.9 Å². The van der Waals surface area contributed by atoms with Crippen LogP contribution in [0.2, 0.25) is 5.02 Å². The summed E-state index contributed by atoms with van der Waals surface area (Å²) in [6.07, 6.45) is 0. The number of nitrogen functional groups attached to an aromatic ring is 1. The number of ether oxygens (including phenoxy) is 2. The molecule has 0 aliphatic rings. The summed E-state index contributed by atoms with van der Waals surface area (Å²) < 4.78 is 17.5. The molecule has 4 rings (SSSR count). The molecule has 0 atom stereocenters. The van der Waals surface area contributed by atoms with E-state index >= 15 is 0 Å². The molecule has 0 aliphatic carbocycles. The van der Waals surface area contributed by atoms with Gasteiger partial charge in [-0.15, -0.1) is 0 Å². The predicted molar refractivity (Wildman–Crippen MR) is 122 cm³/mol. The number of carbonyl (C=O) groups excluding carboxylic acids is 2. The molecule has 0 radical (unpaired) electrons. The molecule has 4 aromatic rings. The summed E-state index contributed by atoms with van der Waals surface area (Å²) in [5.41, 5.74) is 7.86. The zero-order valence-electron chi connectivity index (χ0n) is 18.9. The summed E-state index contributed by atoms with van der Waals surface area (Å²) in [7, 11) is 0. The molecular weight excluding hydrogens is 464 g/mol. The molecular formula is C22H21ClN6O5. The lowest BCUT2D eigenvalue weighted by atomic mass is 10.2. The number of pyridine rings is 1. The van der Waals surface area contributed by atoms with Crippen LogP contribution in [0.25, 0.3) is 16.9 Å². The molecule has 0 fully saturated rings. The highest BCUT2D eigenvalue weighted by Gasteiger charge is 2.24. The summed E-state index contributed by atoms with van der Waals surface area (Å²) in [4.78, 5) is 37.6. The maximum Gasteiger partial charge on any atom is 0.359 e. The quantitative estimate of drug-likeness (QED) is 0.403. The topological polar surface area (TPSA) is 148 Å². The molecule has 34 heavy (non-hydrogen) atoms. The Labute approximate surface area is 198 Å². The number of esters is 2. The first-order chi connectivity index (χ1) is 16.2. The standard InChI is InChI=1S/C22H21ClN6O5/c1-5-32-21(30)16-12(4)34-20-17(16)19(24)25-14(26-20)9-33-22(31)18-13(23)6-7-15(27-18)29-11(3)8-10(2)28-29/h6-8H,5,9H2,1-4H3,(H2,24,25,26). The molecule has 0 unspecified atom stereocenters. The highest BCUT2D eigenvalue weighted by atomic mass is 35.5. The van der Waals surface area contributed by atoms with E-state index in [1.807, 2.05) is 19.9 Å². The van der Waals surface area contributed by atoms with Crippen molar-refractivity contribution in [3.63, 3.8) is 0 Å². The number of aryl methyl sites for hydroxylation is 3. The van der Waals surface area contributed by atoms with E-state index in [-0.39, 0.29) is 52.2 Å². The number of nitrogens with zero attached hydrogens (tertiary/aromatic N) is 5. The van der Waals surface area contributed by atoms with E-state index in [1.165, 1.54) is 0 Å². The van der Waals surface area contributed by atoms with Gasteiger partial charge in [-0.25, -0.2) is 24.2 Å². The monoisotopic (exact) mass is 484 g/mol. The number of nitrogens with two attached hydrogens (primary N) is 1. The van der Waals surface area contributed by atoms with Crippen molar-refractivity contribution in [1.82, 2.24) is 24.7 Å². The molecule has 0 saturated heterocycles. The van der Waals surface area contributed by atoms with Crippen LogP contribution in [-0.4, -0.2) is 43.3 Å². The van der Waals surface area contributed by atoms with Crippen LogP contribution in [0.1, 0.15) is 50.7 Å². The van der Waals surface area contributed by atoms with Gasteiger partial charge in [-0.3, -0.25) is 0 Å². The van der Waals surface area contributed by atoms with Gasteiger partial charge in [0.1, 0.15) is 17.1 Å². The van der Waals surface area contributed by atoms with Gasteiger partial charge in [0.25, 0.3) is 0 Å². The van der Waals surface area contributed by atoms with E-state index < -0.39 is 11.9 Å². The zero-order chi connectivity index (χ0) is 24.6. The van der Waals surface area contributed by atoms with E-state index in [9.17, 15) is 9.59 Å². The second kappa shape index (κ2) is 9.10. The summed E-state index contributed by atoms with van der Waals surface area (Å²) in [5, 5.41) is 4.72. The average Bonchev–Trinajstić information content (AvgIpc) is 3.30. The second-order valence-electron chi connectivity index (χ2n) is 7.37. The van der Waals surface area contributed by atoms with Crippen LogP contribution in [0.4, 0.5) is 5.82 Å². The molecule has 2 N–H and O–H groups in total. The first-order valence-electron chi connectivity index (χ1n) is 10.3. The van der Waals surface area contributed by atoms with Crippen LogP contribution < -0.4 is 5.73 Å². The highest BCUT2D eigenvalue weighted by molar-refractivity contribution is 6.33. The molecule has 0 bridgehead atoms. The van der Waals surface area contributed by atoms with E-state index in [1.54, 1.807) is 30.7 Å². The lowest BCUT2D eigenvalue weighted by molar-refractivity contribution is 0.0454. The van der Waals surface area contributed by atoms with Gasteiger partial charge in [-0.1, -0.05) is 11.6 Å². The van der Waals surface area contributed by atoms with Crippen LogP contribution in [0.3, 0.4) is 0 Å². The lowest BCUT2D eigenvalue weighted by Crippen LogP contribution is -2.13. The number of fused-ring (bicyclic) bond motifs is 1. The van der Waals surface area contributed by atoms with Crippen molar-refractivity contribution < 1.29 is 23.5 Å². The number of hydrogen-bond donors (Lipinski definition) is 1. The van der Waals surface area contributed by atoms with Gasteiger partial charge >= 0.3 is 11.9 Å². The molecule has 0 spiro atoms. The smallest absolute Gasteiger partial charge is 0.359 e. The maximum absolute atomic E-state index is 12.7. The number of halogens is 1. The molecule has 176 valence electrons. The largest absolute Gasteiger partial charge is 0.462 e. The molecule has 0 aromatic carbocycles. The zero-order valence-corrected chi connectivity index (χ0v) is 19.6. The van der Waals surface area contributed by atoms with Gasteiger partial charge in [-0.05, 0) is 45.9 Å². The number of anilines is 1. The minimum Gasteiger partial charge on any atom is -0.462 e. The number of hydrogen-bond acceptors (Lipinski definition) is 10. The Kier molecular flexibility index (Phi) is 6.20. The van der Waals surface area contributed by atoms with Gasteiger partial charge in [-0.2, -0.15) is 10.1 Å². The van der Waals surface area contributed by atoms with E-state index in [0.29, 0.717) is 11.6 Å². The SMILES string of the molecule is CCOC(=O)c1c(C)oc2nc(COC(=O)c3nc(-n4nc(C)cc4C)ccc3Cl)nc(N)c12. The van der Waals surface area contributed by atoms with E-state index in [0.717, 1.165) is 11.4 Å². The van der Waals surface area contributed by atoms with E-state index in [4.69, 9.17) is 31.2 Å². The third kappa shape index (κ3) is 4.29. The van der Waals surface area contributed by atoms with Gasteiger partial charge in [0, 0.05) is 5.69 Å². The van der Waals surface area contributed by atoms with Crippen LogP contribution in [0, 0.1) is 20.8 Å². The molecule has 0 amide bonds. The van der Waals surface area contributed by atoms with Crippen LogP contribution in [0.5, 0.6) is 0 Å². The third-order valence-corrected chi connectivity index (χ3v) is 5.17. The van der Waals surface area contributed by atoms with Gasteiger partial charge in [0.2, 0.25) is 5.71 Å². The van der Waals surface area contributed by atoms with Crippen molar-refractivity contribution in [2.45, 2.75) is 34.3 Å². The number of aromatic nitrogens is 5. The van der Waals surface area contributed by atoms with Crippen LogP contribution in [-0.2, 0) is 16.1 Å². The fraction of sp³-hybridized carbons (Fsp3) is 0.273. The Hall–Kier alpha value is -3.99. The molecule has 4 heterocycles. The Morgan fingerprint density at radius 2 is 1.88 bits per heavy atom. The lowest BCUT2D eigenvalue weighted by Gasteiger charge is -2.09. The summed E-state index contributed by atoms with van der Waals surface area (Å²) >= 11 is 6.18.